The summed E-state index contributed by atoms with van der Waals surface area (Å²) < 4.78 is 0. The monoisotopic (exact) mass is 464 g/mol. The molecule has 4 aromatic rings. The molecule has 10 heteroatoms. The van der Waals surface area contributed by atoms with E-state index in [0.717, 1.165) is 11.1 Å². The van der Waals surface area contributed by atoms with Gasteiger partial charge in [-0.1, -0.05) is 23.2 Å². The standard InChI is InChI=1S/C22H18Cl2N8/c23-15-2-3-16(18(24)9-15)21-17(22-28-7-8-29-22)12-31-20(32-21)13-26-5-6-27-19-4-1-14(10-25)11-30-19/h1-4,7-9,11-12,26H,5-6,13H2,(H,27,30)(H,28,29). The highest BCUT2D eigenvalue weighted by atomic mass is 35.5. The van der Waals surface area contributed by atoms with E-state index >= 15 is 0 Å². The van der Waals surface area contributed by atoms with E-state index in [1.807, 2.05) is 12.1 Å². The summed E-state index contributed by atoms with van der Waals surface area (Å²) >= 11 is 12.5. The van der Waals surface area contributed by atoms with Gasteiger partial charge in [-0.25, -0.2) is 19.9 Å². The fraction of sp³-hybridized carbons (Fsp3) is 0.136. The summed E-state index contributed by atoms with van der Waals surface area (Å²) in [6.45, 7) is 1.79. The number of benzene rings is 1. The van der Waals surface area contributed by atoms with Gasteiger partial charge in [0.15, 0.2) is 0 Å². The van der Waals surface area contributed by atoms with E-state index in [9.17, 15) is 0 Å². The molecule has 0 atom stereocenters. The molecule has 3 heterocycles. The Morgan fingerprint density at radius 2 is 1.91 bits per heavy atom. The van der Waals surface area contributed by atoms with Crippen LogP contribution in [0.1, 0.15) is 11.4 Å². The molecular weight excluding hydrogens is 447 g/mol. The third-order valence-corrected chi connectivity index (χ3v) is 5.11. The number of rotatable bonds is 8. The number of nitrogens with zero attached hydrogens (tertiary/aromatic N) is 5. The Morgan fingerprint density at radius 1 is 1.00 bits per heavy atom. The van der Waals surface area contributed by atoms with Crippen molar-refractivity contribution in [3.63, 3.8) is 0 Å². The van der Waals surface area contributed by atoms with Crippen LogP contribution in [-0.4, -0.2) is 38.0 Å². The number of halogens is 2. The van der Waals surface area contributed by atoms with Crippen LogP contribution in [0.25, 0.3) is 22.6 Å². The van der Waals surface area contributed by atoms with Gasteiger partial charge in [-0.15, -0.1) is 0 Å². The quantitative estimate of drug-likeness (QED) is 0.332. The van der Waals surface area contributed by atoms with Gasteiger partial charge in [0.05, 0.1) is 28.4 Å². The second-order valence-corrected chi connectivity index (χ2v) is 7.60. The van der Waals surface area contributed by atoms with Crippen LogP contribution in [0, 0.1) is 11.3 Å². The van der Waals surface area contributed by atoms with Gasteiger partial charge in [-0.3, -0.25) is 0 Å². The smallest absolute Gasteiger partial charge is 0.142 e. The summed E-state index contributed by atoms with van der Waals surface area (Å²) in [5.74, 6) is 1.99. The van der Waals surface area contributed by atoms with Gasteiger partial charge >= 0.3 is 0 Å². The molecule has 0 spiro atoms. The molecule has 0 aliphatic heterocycles. The molecule has 0 bridgehead atoms. The molecule has 0 aliphatic rings. The zero-order valence-corrected chi connectivity index (χ0v) is 18.3. The summed E-state index contributed by atoms with van der Waals surface area (Å²) in [4.78, 5) is 20.8. The Kier molecular flexibility index (Phi) is 6.92. The predicted molar refractivity (Wildman–Crippen MR) is 124 cm³/mol. The maximum atomic E-state index is 8.82. The normalized spacial score (nSPS) is 10.7. The second-order valence-electron chi connectivity index (χ2n) is 6.76. The average Bonchev–Trinajstić information content (AvgIpc) is 3.34. The highest BCUT2D eigenvalue weighted by Gasteiger charge is 2.16. The SMILES string of the molecule is N#Cc1ccc(NCCNCc2ncc(-c3ncc[nH]3)c(-c3ccc(Cl)cc3Cl)n2)nc1. The van der Waals surface area contributed by atoms with Crippen molar-refractivity contribution in [1.29, 1.82) is 5.26 Å². The number of nitriles is 1. The van der Waals surface area contributed by atoms with E-state index in [-0.39, 0.29) is 0 Å². The Morgan fingerprint density at radius 3 is 2.62 bits per heavy atom. The number of aromatic nitrogens is 5. The van der Waals surface area contributed by atoms with E-state index in [0.29, 0.717) is 58.4 Å². The average molecular weight is 465 g/mol. The zero-order valence-electron chi connectivity index (χ0n) is 16.8. The third-order valence-electron chi connectivity index (χ3n) is 4.56. The van der Waals surface area contributed by atoms with Crippen molar-refractivity contribution in [2.24, 2.45) is 0 Å². The molecule has 8 nitrogen and oxygen atoms in total. The molecule has 1 aromatic carbocycles. The van der Waals surface area contributed by atoms with Crippen molar-refractivity contribution in [2.45, 2.75) is 6.54 Å². The van der Waals surface area contributed by atoms with Crippen LogP contribution in [0.5, 0.6) is 0 Å². The van der Waals surface area contributed by atoms with Gasteiger partial charge in [0.1, 0.15) is 23.5 Å². The Hall–Kier alpha value is -3.51. The Labute approximate surface area is 194 Å². The van der Waals surface area contributed by atoms with Crippen molar-refractivity contribution in [1.82, 2.24) is 30.2 Å². The van der Waals surface area contributed by atoms with Gasteiger partial charge in [-0.2, -0.15) is 5.26 Å². The van der Waals surface area contributed by atoms with Crippen LogP contribution in [0.2, 0.25) is 10.0 Å². The molecule has 160 valence electrons. The van der Waals surface area contributed by atoms with Crippen LogP contribution in [0.15, 0.2) is 55.1 Å². The van der Waals surface area contributed by atoms with Crippen molar-refractivity contribution in [2.75, 3.05) is 18.4 Å². The zero-order chi connectivity index (χ0) is 22.3. The second kappa shape index (κ2) is 10.2. The lowest BCUT2D eigenvalue weighted by atomic mass is 10.1. The van der Waals surface area contributed by atoms with Gasteiger partial charge in [0.25, 0.3) is 0 Å². The highest BCUT2D eigenvalue weighted by molar-refractivity contribution is 6.36. The van der Waals surface area contributed by atoms with E-state index in [1.165, 1.54) is 6.20 Å². The van der Waals surface area contributed by atoms with E-state index in [1.54, 1.807) is 42.9 Å². The van der Waals surface area contributed by atoms with Gasteiger partial charge in [0.2, 0.25) is 0 Å². The minimum Gasteiger partial charge on any atom is -0.369 e. The van der Waals surface area contributed by atoms with Crippen LogP contribution in [0.3, 0.4) is 0 Å². The lowest BCUT2D eigenvalue weighted by Gasteiger charge is -2.12. The lowest BCUT2D eigenvalue weighted by molar-refractivity contribution is 0.675. The van der Waals surface area contributed by atoms with Crippen molar-refractivity contribution < 1.29 is 0 Å². The molecule has 0 radical (unpaired) electrons. The summed E-state index contributed by atoms with van der Waals surface area (Å²) in [7, 11) is 0. The molecule has 0 saturated heterocycles. The number of H-pyrrole nitrogens is 1. The first-order valence-corrected chi connectivity index (χ1v) is 10.5. The summed E-state index contributed by atoms with van der Waals surface area (Å²) in [5.41, 5.74) is 2.70. The first-order valence-electron chi connectivity index (χ1n) is 9.76. The van der Waals surface area contributed by atoms with Crippen LogP contribution in [-0.2, 0) is 6.54 Å². The maximum Gasteiger partial charge on any atom is 0.142 e. The van der Waals surface area contributed by atoms with Gasteiger partial charge in [0, 0.05) is 48.5 Å². The van der Waals surface area contributed by atoms with E-state index in [4.69, 9.17) is 33.4 Å². The summed E-state index contributed by atoms with van der Waals surface area (Å²) in [5, 5.41) is 16.4. The molecule has 0 aliphatic carbocycles. The van der Waals surface area contributed by atoms with Crippen LogP contribution >= 0.6 is 23.2 Å². The third kappa shape index (κ3) is 5.21. The lowest BCUT2D eigenvalue weighted by Crippen LogP contribution is -2.23. The number of anilines is 1. The fourth-order valence-electron chi connectivity index (χ4n) is 3.02. The van der Waals surface area contributed by atoms with Crippen molar-refractivity contribution in [3.05, 3.63) is 76.6 Å². The Balaban J connectivity index is 1.44. The molecule has 32 heavy (non-hydrogen) atoms. The van der Waals surface area contributed by atoms with E-state index < -0.39 is 0 Å². The number of aromatic amines is 1. The summed E-state index contributed by atoms with van der Waals surface area (Å²) in [6, 6.07) is 10.8. The van der Waals surface area contributed by atoms with Crippen molar-refractivity contribution >= 4 is 29.0 Å². The minimum atomic E-state index is 0.471. The number of hydrogen-bond donors (Lipinski definition) is 3. The molecule has 0 amide bonds. The van der Waals surface area contributed by atoms with Crippen LogP contribution in [0.4, 0.5) is 5.82 Å². The number of nitrogens with one attached hydrogen (secondary N) is 3. The Bertz CT molecular complexity index is 1230. The van der Waals surface area contributed by atoms with Crippen molar-refractivity contribution in [3.8, 4) is 28.7 Å². The molecule has 4 rings (SSSR count). The predicted octanol–water partition coefficient (Wildman–Crippen LogP) is 4.31. The molecule has 0 unspecified atom stereocenters. The molecule has 0 saturated carbocycles. The molecule has 3 aromatic heterocycles. The van der Waals surface area contributed by atoms with Gasteiger partial charge in [-0.05, 0) is 30.3 Å². The maximum absolute atomic E-state index is 8.82. The highest BCUT2D eigenvalue weighted by Crippen LogP contribution is 2.34. The minimum absolute atomic E-state index is 0.471. The molecule has 0 fully saturated rings. The first kappa shape index (κ1) is 21.7. The summed E-state index contributed by atoms with van der Waals surface area (Å²) in [6.07, 6.45) is 6.69. The largest absolute Gasteiger partial charge is 0.369 e. The van der Waals surface area contributed by atoms with Gasteiger partial charge < -0.3 is 15.6 Å². The fourth-order valence-corrected chi connectivity index (χ4v) is 3.52. The molecule has 3 N–H and O–H groups in total. The van der Waals surface area contributed by atoms with E-state index in [2.05, 4.69) is 30.6 Å². The number of pyridine rings is 1. The number of imidazole rings is 1. The topological polar surface area (TPSA) is 115 Å². The van der Waals surface area contributed by atoms with Crippen LogP contribution < -0.4 is 10.6 Å². The first-order chi connectivity index (χ1) is 15.6. The number of hydrogen-bond acceptors (Lipinski definition) is 7. The molecular formula is C22H18Cl2N8.